The molecule has 0 bridgehead atoms. The maximum Gasteiger partial charge on any atom is 0.164 e. The summed E-state index contributed by atoms with van der Waals surface area (Å²) in [6.07, 6.45) is 1.74. The van der Waals surface area contributed by atoms with Gasteiger partial charge in [0, 0.05) is 34.2 Å². The zero-order chi connectivity index (χ0) is 14.4. The number of aromatic nitrogens is 3. The second-order valence-electron chi connectivity index (χ2n) is 4.85. The van der Waals surface area contributed by atoms with Crippen LogP contribution in [0.25, 0.3) is 22.3 Å². The molecule has 0 aliphatic carbocycles. The van der Waals surface area contributed by atoms with Crippen LogP contribution in [0.5, 0.6) is 0 Å². The van der Waals surface area contributed by atoms with Crippen LogP contribution in [0.15, 0.2) is 30.5 Å². The quantitative estimate of drug-likeness (QED) is 0.742. The molecule has 0 saturated heterocycles. The first kappa shape index (κ1) is 12.9. The third-order valence-electron chi connectivity index (χ3n) is 3.57. The van der Waals surface area contributed by atoms with Gasteiger partial charge < -0.3 is 5.73 Å². The topological polar surface area (TPSA) is 64.7 Å². The van der Waals surface area contributed by atoms with Gasteiger partial charge in [0.2, 0.25) is 0 Å². The summed E-state index contributed by atoms with van der Waals surface area (Å²) in [4.78, 5) is 13.6. The van der Waals surface area contributed by atoms with Crippen LogP contribution < -0.4 is 5.73 Å². The van der Waals surface area contributed by atoms with Crippen molar-refractivity contribution in [3.05, 3.63) is 46.7 Å². The maximum atomic E-state index is 6.23. The summed E-state index contributed by atoms with van der Waals surface area (Å²) >= 11 is 8.04. The van der Waals surface area contributed by atoms with E-state index in [4.69, 9.17) is 17.3 Å². The van der Waals surface area contributed by atoms with Gasteiger partial charge in [-0.25, -0.2) is 9.97 Å². The summed E-state index contributed by atoms with van der Waals surface area (Å²) < 4.78 is 0. The molecule has 4 rings (SSSR count). The number of rotatable bonds is 1. The second kappa shape index (κ2) is 4.86. The van der Waals surface area contributed by atoms with Gasteiger partial charge in [0.25, 0.3) is 0 Å². The van der Waals surface area contributed by atoms with Crippen LogP contribution in [-0.4, -0.2) is 15.0 Å². The Morgan fingerprint density at radius 2 is 2.05 bits per heavy atom. The number of pyridine rings is 1. The van der Waals surface area contributed by atoms with E-state index >= 15 is 0 Å². The molecule has 1 aliphatic heterocycles. The van der Waals surface area contributed by atoms with Gasteiger partial charge in [0.1, 0.15) is 5.82 Å². The van der Waals surface area contributed by atoms with Gasteiger partial charge in [-0.05, 0) is 24.3 Å². The molecule has 0 saturated carbocycles. The Bertz CT molecular complexity index is 866. The number of nitrogen functional groups attached to an aromatic ring is 1. The zero-order valence-electron chi connectivity index (χ0n) is 11.0. The fourth-order valence-corrected chi connectivity index (χ4v) is 3.78. The van der Waals surface area contributed by atoms with Crippen LogP contribution in [-0.2, 0) is 11.5 Å². The minimum atomic E-state index is 0.569. The molecule has 21 heavy (non-hydrogen) atoms. The normalized spacial score (nSPS) is 13.6. The lowest BCUT2D eigenvalue weighted by atomic mass is 10.1. The summed E-state index contributed by atoms with van der Waals surface area (Å²) in [6.45, 7) is 0. The standard InChI is InChI=1S/C15H11ClN4S/c16-11-4-3-9(13-8(11)2-1-5-18-13)15-19-12-7-21-6-10(12)14(17)20-15/h1-5H,6-7H2,(H2,17,19,20). The second-order valence-corrected chi connectivity index (χ2v) is 6.24. The van der Waals surface area contributed by atoms with Crippen molar-refractivity contribution in [2.45, 2.75) is 11.5 Å². The number of fused-ring (bicyclic) bond motifs is 2. The molecule has 0 spiro atoms. The Kier molecular flexibility index (Phi) is 2.97. The molecule has 4 nitrogen and oxygen atoms in total. The Hall–Kier alpha value is -1.85. The number of nitrogens with two attached hydrogens (primary N) is 1. The molecule has 0 fully saturated rings. The van der Waals surface area contributed by atoms with Crippen LogP contribution in [0.1, 0.15) is 11.3 Å². The van der Waals surface area contributed by atoms with Crippen molar-refractivity contribution in [1.29, 1.82) is 0 Å². The highest BCUT2D eigenvalue weighted by atomic mass is 35.5. The monoisotopic (exact) mass is 314 g/mol. The lowest BCUT2D eigenvalue weighted by molar-refractivity contribution is 1.08. The highest BCUT2D eigenvalue weighted by Crippen LogP contribution is 2.35. The predicted octanol–water partition coefficient (Wildman–Crippen LogP) is 3.67. The highest BCUT2D eigenvalue weighted by molar-refractivity contribution is 7.98. The first-order valence-electron chi connectivity index (χ1n) is 6.50. The molecule has 0 unspecified atom stereocenters. The Balaban J connectivity index is 1.99. The van der Waals surface area contributed by atoms with Crippen LogP contribution in [0, 0.1) is 0 Å². The number of benzene rings is 1. The molecular formula is C15H11ClN4S. The maximum absolute atomic E-state index is 6.23. The minimum Gasteiger partial charge on any atom is -0.383 e. The van der Waals surface area contributed by atoms with E-state index in [1.54, 1.807) is 6.20 Å². The molecule has 2 aromatic heterocycles. The van der Waals surface area contributed by atoms with Gasteiger partial charge >= 0.3 is 0 Å². The van der Waals surface area contributed by atoms with E-state index < -0.39 is 0 Å². The first-order valence-corrected chi connectivity index (χ1v) is 8.04. The van der Waals surface area contributed by atoms with Gasteiger partial charge in [0.05, 0.1) is 16.2 Å². The third-order valence-corrected chi connectivity index (χ3v) is 4.87. The van der Waals surface area contributed by atoms with Crippen molar-refractivity contribution in [3.8, 4) is 11.4 Å². The van der Waals surface area contributed by atoms with E-state index in [1.807, 2.05) is 36.0 Å². The van der Waals surface area contributed by atoms with Gasteiger partial charge in [0.15, 0.2) is 5.82 Å². The van der Waals surface area contributed by atoms with E-state index in [-0.39, 0.29) is 0 Å². The number of nitrogens with zero attached hydrogens (tertiary/aromatic N) is 3. The molecular weight excluding hydrogens is 304 g/mol. The summed E-state index contributed by atoms with van der Waals surface area (Å²) in [6, 6.07) is 7.57. The summed E-state index contributed by atoms with van der Waals surface area (Å²) in [5, 5.41) is 1.57. The van der Waals surface area contributed by atoms with Crippen molar-refractivity contribution in [2.75, 3.05) is 5.73 Å². The van der Waals surface area contributed by atoms with E-state index in [1.165, 1.54) is 0 Å². The molecule has 2 N–H and O–H groups in total. The molecule has 1 aliphatic rings. The Labute approximate surface area is 130 Å². The van der Waals surface area contributed by atoms with Gasteiger partial charge in [-0.2, -0.15) is 11.8 Å². The molecule has 0 atom stereocenters. The molecule has 0 amide bonds. The molecule has 3 heterocycles. The van der Waals surface area contributed by atoms with E-state index in [9.17, 15) is 0 Å². The molecule has 1 aromatic carbocycles. The lowest BCUT2D eigenvalue weighted by Crippen LogP contribution is -2.03. The fourth-order valence-electron chi connectivity index (χ4n) is 2.51. The molecule has 0 radical (unpaired) electrons. The fraction of sp³-hybridized carbons (Fsp3) is 0.133. The number of hydrogen-bond donors (Lipinski definition) is 1. The van der Waals surface area contributed by atoms with Gasteiger partial charge in [-0.1, -0.05) is 11.6 Å². The van der Waals surface area contributed by atoms with Crippen molar-refractivity contribution in [2.24, 2.45) is 0 Å². The number of anilines is 1. The summed E-state index contributed by atoms with van der Waals surface area (Å²) in [5.74, 6) is 2.96. The Morgan fingerprint density at radius 1 is 1.14 bits per heavy atom. The van der Waals surface area contributed by atoms with Crippen molar-refractivity contribution < 1.29 is 0 Å². The molecule has 6 heteroatoms. The third kappa shape index (κ3) is 2.04. The van der Waals surface area contributed by atoms with Crippen LogP contribution in [0.3, 0.4) is 0 Å². The highest BCUT2D eigenvalue weighted by Gasteiger charge is 2.20. The number of halogens is 1. The molecule has 104 valence electrons. The van der Waals surface area contributed by atoms with Crippen molar-refractivity contribution >= 4 is 40.1 Å². The van der Waals surface area contributed by atoms with E-state index in [0.29, 0.717) is 16.7 Å². The largest absolute Gasteiger partial charge is 0.383 e. The first-order chi connectivity index (χ1) is 10.2. The average molecular weight is 315 g/mol. The lowest BCUT2D eigenvalue weighted by Gasteiger charge is -2.09. The summed E-state index contributed by atoms with van der Waals surface area (Å²) in [5.41, 5.74) is 9.83. The van der Waals surface area contributed by atoms with Crippen molar-refractivity contribution in [3.63, 3.8) is 0 Å². The van der Waals surface area contributed by atoms with Gasteiger partial charge in [-0.15, -0.1) is 0 Å². The zero-order valence-corrected chi connectivity index (χ0v) is 12.6. The van der Waals surface area contributed by atoms with Crippen LogP contribution in [0.4, 0.5) is 5.82 Å². The number of thioether (sulfide) groups is 1. The summed E-state index contributed by atoms with van der Waals surface area (Å²) in [7, 11) is 0. The van der Waals surface area contributed by atoms with Gasteiger partial charge in [-0.3, -0.25) is 4.98 Å². The predicted molar refractivity (Wildman–Crippen MR) is 87.2 cm³/mol. The van der Waals surface area contributed by atoms with Crippen LogP contribution >= 0.6 is 23.4 Å². The smallest absolute Gasteiger partial charge is 0.164 e. The van der Waals surface area contributed by atoms with Crippen molar-refractivity contribution in [1.82, 2.24) is 15.0 Å². The molecule has 3 aromatic rings. The van der Waals surface area contributed by atoms with E-state index in [2.05, 4.69) is 15.0 Å². The van der Waals surface area contributed by atoms with E-state index in [0.717, 1.165) is 39.2 Å². The SMILES string of the molecule is Nc1nc(-c2ccc(Cl)c3cccnc23)nc2c1CSC2. The Morgan fingerprint density at radius 3 is 2.95 bits per heavy atom. The minimum absolute atomic E-state index is 0.569. The number of hydrogen-bond acceptors (Lipinski definition) is 5. The average Bonchev–Trinajstić information content (AvgIpc) is 2.97. The van der Waals surface area contributed by atoms with Crippen LogP contribution in [0.2, 0.25) is 5.02 Å².